The van der Waals surface area contributed by atoms with E-state index in [-0.39, 0.29) is 24.0 Å². The maximum absolute atomic E-state index is 12.3. The first kappa shape index (κ1) is 17.6. The Bertz CT molecular complexity index is 874. The molecule has 0 radical (unpaired) electrons. The average molecular weight is 368 g/mol. The van der Waals surface area contributed by atoms with Crippen molar-refractivity contribution >= 4 is 17.7 Å². The second-order valence-electron chi connectivity index (χ2n) is 7.48. The lowest BCUT2D eigenvalue weighted by molar-refractivity contribution is -0.124. The molecule has 1 atom stereocenters. The molecule has 1 aliphatic heterocycles. The smallest absolute Gasteiger partial charge is 0.414 e. The fraction of sp³-hybridized carbons (Fsp3) is 0.450. The summed E-state index contributed by atoms with van der Waals surface area (Å²) in [6.07, 6.45) is 4.21. The number of aryl methyl sites for hydroxylation is 2. The SMILES string of the molecule is CC(C)C(=O)NCC1CN(c2ccc3c(c2)CCCc2cn[nH]c2-3)C(=O)O1. The monoisotopic (exact) mass is 368 g/mol. The van der Waals surface area contributed by atoms with Crippen molar-refractivity contribution in [1.29, 1.82) is 0 Å². The molecule has 2 aromatic rings. The summed E-state index contributed by atoms with van der Waals surface area (Å²) < 4.78 is 5.43. The lowest BCUT2D eigenvalue weighted by Gasteiger charge is -2.16. The van der Waals surface area contributed by atoms with E-state index >= 15 is 0 Å². The number of nitrogens with one attached hydrogen (secondary N) is 2. The molecule has 1 fully saturated rings. The highest BCUT2D eigenvalue weighted by Gasteiger charge is 2.33. The number of carbonyl (C=O) groups is 2. The van der Waals surface area contributed by atoms with E-state index in [1.54, 1.807) is 4.90 Å². The van der Waals surface area contributed by atoms with Gasteiger partial charge in [0.1, 0.15) is 6.10 Å². The van der Waals surface area contributed by atoms with Crippen LogP contribution in [-0.2, 0) is 22.4 Å². The number of hydrogen-bond acceptors (Lipinski definition) is 4. The van der Waals surface area contributed by atoms with Crippen molar-refractivity contribution in [1.82, 2.24) is 15.5 Å². The Labute approximate surface area is 158 Å². The quantitative estimate of drug-likeness (QED) is 0.869. The summed E-state index contributed by atoms with van der Waals surface area (Å²) in [5.41, 5.74) is 5.51. The molecular formula is C20H24N4O3. The summed E-state index contributed by atoms with van der Waals surface area (Å²) in [6, 6.07) is 6.07. The molecule has 2 amide bonds. The van der Waals surface area contributed by atoms with Crippen LogP contribution in [0.4, 0.5) is 10.5 Å². The molecule has 2 N–H and O–H groups in total. The Morgan fingerprint density at radius 3 is 3.00 bits per heavy atom. The van der Waals surface area contributed by atoms with Gasteiger partial charge < -0.3 is 10.1 Å². The van der Waals surface area contributed by atoms with E-state index in [1.165, 1.54) is 11.1 Å². The molecule has 1 aromatic heterocycles. The normalized spacial score (nSPS) is 18.7. The van der Waals surface area contributed by atoms with Gasteiger partial charge in [0.15, 0.2) is 0 Å². The molecule has 2 aliphatic rings. The number of anilines is 1. The molecule has 1 aromatic carbocycles. The summed E-state index contributed by atoms with van der Waals surface area (Å²) in [6.45, 7) is 4.44. The van der Waals surface area contributed by atoms with Gasteiger partial charge in [-0.15, -0.1) is 0 Å². The Morgan fingerprint density at radius 1 is 1.37 bits per heavy atom. The molecule has 0 saturated carbocycles. The van der Waals surface area contributed by atoms with Crippen LogP contribution in [0.2, 0.25) is 0 Å². The molecule has 0 spiro atoms. The van der Waals surface area contributed by atoms with E-state index < -0.39 is 0 Å². The van der Waals surface area contributed by atoms with E-state index in [2.05, 4.69) is 21.6 Å². The number of rotatable bonds is 4. The molecular weight excluding hydrogens is 344 g/mol. The van der Waals surface area contributed by atoms with Crippen LogP contribution in [0.25, 0.3) is 11.3 Å². The van der Waals surface area contributed by atoms with Crippen molar-refractivity contribution in [2.45, 2.75) is 39.2 Å². The second-order valence-corrected chi connectivity index (χ2v) is 7.48. The standard InChI is InChI=1S/C20H24N4O3/c1-12(2)19(25)21-10-16-11-24(20(26)27-16)15-6-7-17-13(8-15)4-3-5-14-9-22-23-18(14)17/h6-9,12,16H,3-5,10-11H2,1-2H3,(H,21,25)(H,22,23). The Kier molecular flexibility index (Phi) is 4.59. The van der Waals surface area contributed by atoms with Crippen molar-refractivity contribution < 1.29 is 14.3 Å². The number of hydrogen-bond donors (Lipinski definition) is 2. The fourth-order valence-electron chi connectivity index (χ4n) is 3.66. The first-order valence-corrected chi connectivity index (χ1v) is 9.44. The van der Waals surface area contributed by atoms with Crippen LogP contribution in [0.5, 0.6) is 0 Å². The molecule has 0 bridgehead atoms. The summed E-state index contributed by atoms with van der Waals surface area (Å²) in [7, 11) is 0. The Hall–Kier alpha value is -2.83. The van der Waals surface area contributed by atoms with Crippen LogP contribution in [0.1, 0.15) is 31.4 Å². The number of cyclic esters (lactones) is 1. The van der Waals surface area contributed by atoms with Gasteiger partial charge in [-0.2, -0.15) is 5.10 Å². The van der Waals surface area contributed by atoms with Crippen molar-refractivity contribution in [3.63, 3.8) is 0 Å². The van der Waals surface area contributed by atoms with Crippen molar-refractivity contribution in [3.05, 3.63) is 35.5 Å². The molecule has 4 rings (SSSR count). The predicted octanol–water partition coefficient (Wildman–Crippen LogP) is 2.66. The van der Waals surface area contributed by atoms with Crippen LogP contribution in [0, 0.1) is 5.92 Å². The summed E-state index contributed by atoms with van der Waals surface area (Å²) >= 11 is 0. The highest BCUT2D eigenvalue weighted by atomic mass is 16.6. The van der Waals surface area contributed by atoms with Gasteiger partial charge in [-0.25, -0.2) is 4.79 Å². The van der Waals surface area contributed by atoms with Gasteiger partial charge >= 0.3 is 6.09 Å². The molecule has 7 heteroatoms. The number of benzene rings is 1. The van der Waals surface area contributed by atoms with Gasteiger partial charge in [0.05, 0.1) is 25.0 Å². The van der Waals surface area contributed by atoms with Gasteiger partial charge in [0.25, 0.3) is 0 Å². The topological polar surface area (TPSA) is 87.3 Å². The number of nitrogens with zero attached hydrogens (tertiary/aromatic N) is 2. The van der Waals surface area contributed by atoms with Crippen molar-refractivity contribution in [2.24, 2.45) is 5.92 Å². The fourth-order valence-corrected chi connectivity index (χ4v) is 3.66. The molecule has 27 heavy (non-hydrogen) atoms. The largest absolute Gasteiger partial charge is 0.442 e. The zero-order chi connectivity index (χ0) is 19.0. The van der Waals surface area contributed by atoms with Crippen LogP contribution in [0.3, 0.4) is 0 Å². The maximum atomic E-state index is 12.3. The molecule has 142 valence electrons. The van der Waals surface area contributed by atoms with Gasteiger partial charge in [-0.1, -0.05) is 19.9 Å². The van der Waals surface area contributed by atoms with Crippen molar-refractivity contribution in [2.75, 3.05) is 18.0 Å². The zero-order valence-electron chi connectivity index (χ0n) is 15.6. The first-order valence-electron chi connectivity index (χ1n) is 9.44. The van der Waals surface area contributed by atoms with Gasteiger partial charge in [0.2, 0.25) is 5.91 Å². The van der Waals surface area contributed by atoms with E-state index in [9.17, 15) is 9.59 Å². The number of aromatic amines is 1. The number of amides is 2. The molecule has 7 nitrogen and oxygen atoms in total. The predicted molar refractivity (Wildman–Crippen MR) is 102 cm³/mol. The minimum absolute atomic E-state index is 0.0371. The third-order valence-corrected chi connectivity index (χ3v) is 5.18. The number of ether oxygens (including phenoxy) is 1. The van der Waals surface area contributed by atoms with Gasteiger partial charge in [-0.3, -0.25) is 14.8 Å². The molecule has 1 saturated heterocycles. The van der Waals surface area contributed by atoms with Crippen molar-refractivity contribution in [3.8, 4) is 11.3 Å². The van der Waals surface area contributed by atoms with Crippen LogP contribution in [0.15, 0.2) is 24.4 Å². The lowest BCUT2D eigenvalue weighted by atomic mass is 10.0. The number of aromatic nitrogens is 2. The highest BCUT2D eigenvalue weighted by molar-refractivity contribution is 5.90. The van der Waals surface area contributed by atoms with E-state index in [1.807, 2.05) is 32.2 Å². The summed E-state index contributed by atoms with van der Waals surface area (Å²) in [4.78, 5) is 25.7. The van der Waals surface area contributed by atoms with E-state index in [0.717, 1.165) is 36.2 Å². The Morgan fingerprint density at radius 2 is 2.19 bits per heavy atom. The molecule has 1 aliphatic carbocycles. The highest BCUT2D eigenvalue weighted by Crippen LogP contribution is 2.34. The van der Waals surface area contributed by atoms with Gasteiger partial charge in [-0.05, 0) is 42.5 Å². The minimum Gasteiger partial charge on any atom is -0.442 e. The van der Waals surface area contributed by atoms with E-state index in [4.69, 9.17) is 4.74 Å². The molecule has 2 heterocycles. The molecule has 1 unspecified atom stereocenters. The third kappa shape index (κ3) is 3.41. The number of carbonyl (C=O) groups excluding carboxylic acids is 2. The van der Waals surface area contributed by atoms with Gasteiger partial charge in [0, 0.05) is 17.2 Å². The van der Waals surface area contributed by atoms with Crippen LogP contribution >= 0.6 is 0 Å². The zero-order valence-corrected chi connectivity index (χ0v) is 15.6. The van der Waals surface area contributed by atoms with E-state index in [0.29, 0.717) is 13.1 Å². The first-order chi connectivity index (χ1) is 13.0. The number of H-pyrrole nitrogens is 1. The summed E-state index contributed by atoms with van der Waals surface area (Å²) in [5.74, 6) is -0.125. The minimum atomic E-state index is -0.366. The Balaban J connectivity index is 1.51. The third-order valence-electron chi connectivity index (χ3n) is 5.18. The van der Waals surface area contributed by atoms with Crippen LogP contribution in [-0.4, -0.2) is 41.4 Å². The van der Waals surface area contributed by atoms with Crippen LogP contribution < -0.4 is 10.2 Å². The number of fused-ring (bicyclic) bond motifs is 3. The maximum Gasteiger partial charge on any atom is 0.414 e. The average Bonchev–Trinajstić information content (AvgIpc) is 3.22. The summed E-state index contributed by atoms with van der Waals surface area (Å²) in [5, 5.41) is 10.1. The second kappa shape index (κ2) is 7.06. The lowest BCUT2D eigenvalue weighted by Crippen LogP contribution is -2.36.